The normalized spacial score (nSPS) is 51.7. The fourth-order valence-corrected chi connectivity index (χ4v) is 33.5. The van der Waals surface area contributed by atoms with E-state index in [-0.39, 0.29) is 235 Å². The van der Waals surface area contributed by atoms with Crippen molar-refractivity contribution < 1.29 is 153 Å². The van der Waals surface area contributed by atoms with Gasteiger partial charge in [-0.2, -0.15) is 0 Å². The van der Waals surface area contributed by atoms with Crippen molar-refractivity contribution in [2.45, 2.75) is 580 Å². The Bertz CT molecular complexity index is 4920. The van der Waals surface area contributed by atoms with Crippen LogP contribution in [0.5, 0.6) is 0 Å². The number of ketones is 3. The van der Waals surface area contributed by atoms with Gasteiger partial charge in [0.1, 0.15) is 103 Å². The first-order chi connectivity index (χ1) is 72.6. The highest BCUT2D eigenvalue weighted by Gasteiger charge is 2.72. The van der Waals surface area contributed by atoms with Gasteiger partial charge in [-0.05, 0) is 219 Å². The molecule has 0 saturated carbocycles. The van der Waals surface area contributed by atoms with Gasteiger partial charge in [0.2, 0.25) is 0 Å². The fraction of sp³-hybridized carbons (Fsp3) is 0.872. The first-order valence-electron chi connectivity index (χ1n) is 58.9. The van der Waals surface area contributed by atoms with Crippen LogP contribution in [-0.4, -0.2) is 381 Å². The molecule has 0 aromatic rings. The van der Waals surface area contributed by atoms with Crippen LogP contribution in [0.1, 0.15) is 283 Å². The summed E-state index contributed by atoms with van der Waals surface area (Å²) in [7, 11) is 3.28. The molecule has 0 aromatic heterocycles. The Kier molecular flexibility index (Phi) is 30.4. The van der Waals surface area contributed by atoms with Crippen LogP contribution in [0.4, 0.5) is 0 Å². The van der Waals surface area contributed by atoms with Gasteiger partial charge in [-0.1, -0.05) is 39.5 Å². The summed E-state index contributed by atoms with van der Waals surface area (Å²) in [5, 5.41) is 51.9. The van der Waals surface area contributed by atoms with Gasteiger partial charge in [-0.3, -0.25) is 19.3 Å². The summed E-state index contributed by atoms with van der Waals surface area (Å²) < 4.78 is 175. The standard InChI is InChI=1S/C117H167NO32/c1-57-9-12-70-15-22-83-61(5)36-77(133-83)28-33-116-51-97-106(147-116)109-111(144-97)113(149-116)104-86(142-109)25-19-73(137-104)40-64(119)38-63-39-79(135-92(63)48-89(57)129-70)43-67(122)53-118(54-68(123)46-95-100(126-7)80-44-65(120)41-74-18-24-85-103(136-74)108-99(125)102(141-85)88-30-32-115(146-88,56-128-108)31-27-76-35-60(4)82(132-76)21-16-71-13-10-58(2)90(130-71)49-93(80)139-95)55-69(124)47-96-101(127-8)81-45-66(121)42-75-20-26-87-105(138-75)114-112-110(143-87)107-98(145-112)52-117(148-107,150-114)34-29-78-37-62(6)84(134-78)23-17-72-14-11-59(3)91(131-72)50-94(81)140-96/h63,67-114,122-125H,1-6,9-56H2,7-8H3/t63-,67+,68+,69+,70?,71-,72-,73-,74-,75-,76+,77+,78+,79?,80+,81+,82+,83?,84+,85+,86+,87+,88+,89-,90-,91-,92+,93?,94?,95-,96-,97-,98-,99?,100-,101-,102?,103+,104+,105+,106+,107+,108-,109+,110+,111?,112?,113+,114+,115-,116+,117+/m1/s1. The number of rotatable bonds is 14. The number of methoxy groups -OCH3 is 2. The van der Waals surface area contributed by atoms with Crippen LogP contribution in [-0.2, 0) is 133 Å². The number of fused-ring (bicyclic) bond motifs is 22. The van der Waals surface area contributed by atoms with Crippen LogP contribution >= 0.6 is 0 Å². The van der Waals surface area contributed by atoms with Crippen LogP contribution in [0.3, 0.4) is 0 Å². The number of carbonyl (C=O) groups is 3. The molecule has 34 bridgehead atoms. The highest BCUT2D eigenvalue weighted by Crippen LogP contribution is 2.59. The predicted molar refractivity (Wildman–Crippen MR) is 535 cm³/mol. The molecule has 52 atom stereocenters. The van der Waals surface area contributed by atoms with Gasteiger partial charge >= 0.3 is 0 Å². The quantitative estimate of drug-likeness (QED) is 0.117. The van der Waals surface area contributed by atoms with Crippen LogP contribution < -0.4 is 0 Å². The average Bonchev–Trinajstić information content (AvgIpc) is 1.55. The molecule has 33 heteroatoms. The number of hydrogen-bond acceptors (Lipinski definition) is 33. The van der Waals surface area contributed by atoms with Gasteiger partial charge in [0.25, 0.3) is 0 Å². The molecule has 3 spiro atoms. The molecule has 28 heterocycles. The topological polar surface area (TPSA) is 366 Å². The molecule has 832 valence electrons. The second kappa shape index (κ2) is 43.3. The smallest absolute Gasteiger partial charge is 0.172 e. The SMILES string of the molecule is C=C1C[C@@H]2CC[C@@]34C[C@H]5OC6[C@@H](O[C@H]7CC[C@H](CC(=O)C[C@@H]8CC(C[C@H](O)CN(C[C@@H](O)C[C@H]9OC%10C[C@H]%11O[C@H](CCC%11=C)CC[C@@H]%11O[C@@H](CC[C@]%12%13CC[C@H](O%12)C%12O[C@H]%14CC[C@H](CC(=O)C[C@@H]%10[C@H]9OC)O[C@@H]%14[C@H](OC%13)C%12O)CC%11=C)C[C@@H](O)C[C@H]9OC%10C[C@H]%11O[C@H](CCC%11=C)CC[C@@H]%11O[C@@H](CC[C@@]%12%13C[C@H]%14OC%15[C@@H](O[C@H]%16CC[C@H](CC(=O)C[C@@H]%10[C@H]9OC)O[C@@H]%16[C@@H]%15O%12)[C@H]%14O%13)CC%11=C)O[C@H]8C[C@H]8OC(CCC8=C)CCC1O2)O[C@@H]7[C@@H]6O3)[C@H]5O4. The maximum atomic E-state index is 15.3. The van der Waals surface area contributed by atoms with Crippen molar-refractivity contribution in [1.29, 1.82) is 0 Å². The van der Waals surface area contributed by atoms with Crippen molar-refractivity contribution in [2.24, 2.45) is 17.8 Å². The van der Waals surface area contributed by atoms with E-state index in [4.69, 9.17) is 118 Å². The molecule has 0 radical (unpaired) electrons. The molecule has 9 unspecified atom stereocenters. The molecule has 28 aliphatic heterocycles. The van der Waals surface area contributed by atoms with Crippen molar-refractivity contribution >= 4 is 17.3 Å². The average molecular weight is 2100 g/mol. The van der Waals surface area contributed by atoms with E-state index in [2.05, 4.69) is 39.5 Å². The minimum absolute atomic E-state index is 0.00776. The molecular weight excluding hydrogens is 1930 g/mol. The van der Waals surface area contributed by atoms with E-state index in [1.807, 2.05) is 4.90 Å². The lowest BCUT2D eigenvalue weighted by Crippen LogP contribution is -2.65. The molecule has 28 saturated heterocycles. The summed E-state index contributed by atoms with van der Waals surface area (Å²) in [6.07, 6.45) is 4.94. The Labute approximate surface area is 882 Å². The zero-order valence-corrected chi connectivity index (χ0v) is 88.1. The minimum atomic E-state index is -1.17. The van der Waals surface area contributed by atoms with E-state index in [1.165, 1.54) is 0 Å². The maximum Gasteiger partial charge on any atom is 0.172 e. The minimum Gasteiger partial charge on any atom is -0.392 e. The number of aliphatic hydroxyl groups is 4. The summed E-state index contributed by atoms with van der Waals surface area (Å²) in [4.78, 5) is 47.7. The number of nitrogens with zero attached hydrogens (tertiary/aromatic N) is 1. The third kappa shape index (κ3) is 21.1. The van der Waals surface area contributed by atoms with E-state index < -0.39 is 176 Å². The van der Waals surface area contributed by atoms with Crippen LogP contribution in [0.2, 0.25) is 0 Å². The molecule has 28 fully saturated rings. The Morgan fingerprint density at radius 2 is 0.693 bits per heavy atom. The van der Waals surface area contributed by atoms with Gasteiger partial charge < -0.3 is 139 Å². The predicted octanol–water partition coefficient (Wildman–Crippen LogP) is 11.4. The maximum absolute atomic E-state index is 15.3. The summed E-state index contributed by atoms with van der Waals surface area (Å²) in [5.41, 5.74) is 5.53. The van der Waals surface area contributed by atoms with E-state index in [9.17, 15) is 20.4 Å². The Morgan fingerprint density at radius 1 is 0.313 bits per heavy atom. The first kappa shape index (κ1) is 105. The molecule has 33 nitrogen and oxygen atoms in total. The van der Waals surface area contributed by atoms with Crippen molar-refractivity contribution in [3.63, 3.8) is 0 Å². The highest BCUT2D eigenvalue weighted by atomic mass is 16.8. The first-order valence-corrected chi connectivity index (χ1v) is 58.9. The second-order valence-electron chi connectivity index (χ2n) is 51.2. The lowest BCUT2D eigenvalue weighted by atomic mass is 9.83. The van der Waals surface area contributed by atoms with Crippen molar-refractivity contribution in [2.75, 3.05) is 40.5 Å². The summed E-state index contributed by atoms with van der Waals surface area (Å²) in [6.45, 7) is 27.7. The summed E-state index contributed by atoms with van der Waals surface area (Å²) >= 11 is 0. The number of Topliss-reactive ketones (excluding diaryl/α,β-unsaturated/α-hetero) is 3. The molecule has 4 N–H and O–H groups in total. The number of ether oxygens (including phenoxy) is 25. The van der Waals surface area contributed by atoms with Crippen molar-refractivity contribution in [3.8, 4) is 0 Å². The summed E-state index contributed by atoms with van der Waals surface area (Å²) in [5.74, 6) is -3.04. The lowest BCUT2D eigenvalue weighted by molar-refractivity contribution is -0.312. The monoisotopic (exact) mass is 2100 g/mol. The number of hydrogen-bond donors (Lipinski definition) is 4. The van der Waals surface area contributed by atoms with Gasteiger partial charge in [0, 0.05) is 148 Å². The molecule has 0 amide bonds. The van der Waals surface area contributed by atoms with E-state index >= 15 is 14.4 Å². The zero-order chi connectivity index (χ0) is 102. The van der Waals surface area contributed by atoms with Crippen LogP contribution in [0, 0.1) is 17.8 Å². The Hall–Kier alpha value is -3.75. The number of carbonyl (C=O) groups excluding carboxylic acids is 3. The van der Waals surface area contributed by atoms with Gasteiger partial charge in [0.05, 0.1) is 208 Å². The van der Waals surface area contributed by atoms with Crippen molar-refractivity contribution in [3.05, 3.63) is 72.9 Å². The van der Waals surface area contributed by atoms with Crippen LogP contribution in [0.15, 0.2) is 72.9 Å². The van der Waals surface area contributed by atoms with Gasteiger partial charge in [-0.15, -0.1) is 0 Å². The van der Waals surface area contributed by atoms with E-state index in [0.717, 1.165) is 168 Å². The van der Waals surface area contributed by atoms with Crippen molar-refractivity contribution in [1.82, 2.24) is 4.90 Å². The molecule has 0 aliphatic carbocycles. The molecule has 150 heavy (non-hydrogen) atoms. The summed E-state index contributed by atoms with van der Waals surface area (Å²) in [6, 6.07) is 0. The zero-order valence-electron chi connectivity index (χ0n) is 88.1. The number of aliphatic hydroxyl groups excluding tert-OH is 4. The molecule has 28 aliphatic rings. The van der Waals surface area contributed by atoms with E-state index in [1.54, 1.807) is 14.2 Å². The van der Waals surface area contributed by atoms with E-state index in [0.29, 0.717) is 96.5 Å². The van der Waals surface area contributed by atoms with Gasteiger partial charge in [0.15, 0.2) is 11.6 Å². The Morgan fingerprint density at radius 3 is 1.15 bits per heavy atom. The second-order valence-corrected chi connectivity index (χ2v) is 51.2. The fourth-order valence-electron chi connectivity index (χ4n) is 33.5. The third-order valence-electron chi connectivity index (χ3n) is 40.9. The van der Waals surface area contributed by atoms with Crippen LogP contribution in [0.25, 0.3) is 0 Å². The molecule has 0 aromatic carbocycles. The Balaban J connectivity index is 0.473. The van der Waals surface area contributed by atoms with Gasteiger partial charge in [-0.25, -0.2) is 0 Å². The third-order valence-corrected chi connectivity index (χ3v) is 40.9. The molecule has 28 rings (SSSR count). The lowest BCUT2D eigenvalue weighted by Gasteiger charge is -2.51. The highest BCUT2D eigenvalue weighted by molar-refractivity contribution is 5.80. The molecular formula is C117H167NO32. The largest absolute Gasteiger partial charge is 0.392 e.